The molecule has 98 valence electrons. The number of rotatable bonds is 1. The summed E-state index contributed by atoms with van der Waals surface area (Å²) in [6, 6.07) is 3.61. The third kappa shape index (κ3) is 1.64. The van der Waals surface area contributed by atoms with Crippen molar-refractivity contribution in [3.8, 4) is 6.07 Å². The fourth-order valence-corrected chi connectivity index (χ4v) is 5.21. The summed E-state index contributed by atoms with van der Waals surface area (Å²) in [5.41, 5.74) is 0.790. The zero-order valence-electron chi connectivity index (χ0n) is 10.9. The van der Waals surface area contributed by atoms with E-state index in [1.54, 1.807) is 6.07 Å². The predicted molar refractivity (Wildman–Crippen MR) is 69.4 cm³/mol. The van der Waals surface area contributed by atoms with Gasteiger partial charge in [0.25, 0.3) is 5.56 Å². The van der Waals surface area contributed by atoms with Gasteiger partial charge < -0.3 is 0 Å². The van der Waals surface area contributed by atoms with Crippen LogP contribution in [0.3, 0.4) is 0 Å². The Morgan fingerprint density at radius 2 is 1.79 bits per heavy atom. The van der Waals surface area contributed by atoms with Gasteiger partial charge in [-0.05, 0) is 56.3 Å². The average molecular weight is 255 g/mol. The number of nitrogens with zero attached hydrogens (tertiary/aromatic N) is 2. The molecule has 5 rings (SSSR count). The highest BCUT2D eigenvalue weighted by atomic mass is 16.1. The van der Waals surface area contributed by atoms with Crippen molar-refractivity contribution >= 4 is 0 Å². The van der Waals surface area contributed by atoms with E-state index in [2.05, 4.69) is 9.97 Å². The lowest BCUT2D eigenvalue weighted by Gasteiger charge is -2.56. The van der Waals surface area contributed by atoms with E-state index in [-0.39, 0.29) is 16.8 Å². The smallest absolute Gasteiger partial charge is 0.251 e. The topological polar surface area (TPSA) is 69.5 Å². The Kier molecular flexibility index (Phi) is 2.18. The quantitative estimate of drug-likeness (QED) is 0.835. The van der Waals surface area contributed by atoms with Gasteiger partial charge in [-0.2, -0.15) is 5.26 Å². The van der Waals surface area contributed by atoms with Crippen molar-refractivity contribution in [3.63, 3.8) is 0 Å². The van der Waals surface area contributed by atoms with Crippen LogP contribution in [0.4, 0.5) is 0 Å². The molecule has 0 aliphatic heterocycles. The van der Waals surface area contributed by atoms with Crippen molar-refractivity contribution in [1.29, 1.82) is 5.26 Å². The van der Waals surface area contributed by atoms with Crippen molar-refractivity contribution < 1.29 is 0 Å². The van der Waals surface area contributed by atoms with Crippen molar-refractivity contribution in [1.82, 2.24) is 9.97 Å². The number of aromatic amines is 1. The van der Waals surface area contributed by atoms with E-state index in [1.165, 1.54) is 38.5 Å². The maximum Gasteiger partial charge on any atom is 0.251 e. The predicted octanol–water partition coefficient (Wildman–Crippen LogP) is 2.11. The summed E-state index contributed by atoms with van der Waals surface area (Å²) in [6.07, 6.45) is 7.61. The Morgan fingerprint density at radius 1 is 1.21 bits per heavy atom. The van der Waals surface area contributed by atoms with Gasteiger partial charge in [-0.15, -0.1) is 0 Å². The molecule has 0 atom stereocenters. The lowest BCUT2D eigenvalue weighted by molar-refractivity contribution is -0.00734. The third-order valence-corrected chi connectivity index (χ3v) is 5.43. The molecule has 19 heavy (non-hydrogen) atoms. The average Bonchev–Trinajstić information content (AvgIpc) is 2.36. The zero-order chi connectivity index (χ0) is 13.0. The minimum atomic E-state index is -0.183. The van der Waals surface area contributed by atoms with Crippen LogP contribution in [0, 0.1) is 29.1 Å². The van der Waals surface area contributed by atoms with Gasteiger partial charge in [0.2, 0.25) is 5.82 Å². The van der Waals surface area contributed by atoms with Gasteiger partial charge in [0, 0.05) is 11.5 Å². The van der Waals surface area contributed by atoms with Gasteiger partial charge in [0.15, 0.2) is 0 Å². The molecule has 1 heterocycles. The lowest BCUT2D eigenvalue weighted by Crippen LogP contribution is -2.49. The minimum Gasteiger partial charge on any atom is -0.298 e. The summed E-state index contributed by atoms with van der Waals surface area (Å²) in [5.74, 6) is 2.62. The SMILES string of the molecule is N#Cc1nc(C23CC4CC(CC(C4)C2)C3)cc(=O)[nH]1. The standard InChI is InChI=1S/C15H17N3O/c16-8-13-17-12(4-14(19)18-13)15-5-9-1-10(6-15)3-11(2-9)7-15/h4,9-11H,1-3,5-7H2,(H,17,18,19). The molecule has 0 aromatic carbocycles. The Bertz CT molecular complexity index is 590. The number of hydrogen-bond acceptors (Lipinski definition) is 3. The highest BCUT2D eigenvalue weighted by Crippen LogP contribution is 2.60. The van der Waals surface area contributed by atoms with Crippen LogP contribution in [-0.4, -0.2) is 9.97 Å². The first kappa shape index (κ1) is 11.2. The zero-order valence-corrected chi connectivity index (χ0v) is 10.9. The molecule has 1 aromatic heterocycles. The molecule has 0 spiro atoms. The maximum atomic E-state index is 11.7. The fraction of sp³-hybridized carbons (Fsp3) is 0.667. The largest absolute Gasteiger partial charge is 0.298 e. The molecule has 4 nitrogen and oxygen atoms in total. The molecule has 0 saturated heterocycles. The highest BCUT2D eigenvalue weighted by molar-refractivity contribution is 5.24. The van der Waals surface area contributed by atoms with E-state index in [0.717, 1.165) is 23.4 Å². The van der Waals surface area contributed by atoms with Crippen LogP contribution in [0.1, 0.15) is 50.0 Å². The fourth-order valence-electron chi connectivity index (χ4n) is 5.21. The third-order valence-electron chi connectivity index (χ3n) is 5.43. The Morgan fingerprint density at radius 3 is 2.32 bits per heavy atom. The second kappa shape index (κ2) is 3.69. The van der Waals surface area contributed by atoms with Crippen LogP contribution in [0.2, 0.25) is 0 Å². The second-order valence-electron chi connectivity index (χ2n) is 6.79. The molecule has 4 aliphatic rings. The maximum absolute atomic E-state index is 11.7. The number of nitrogens with one attached hydrogen (secondary N) is 1. The second-order valence-corrected chi connectivity index (χ2v) is 6.79. The molecule has 4 aliphatic carbocycles. The van der Waals surface area contributed by atoms with E-state index >= 15 is 0 Å². The van der Waals surface area contributed by atoms with E-state index in [1.807, 2.05) is 6.07 Å². The molecular formula is C15H17N3O. The molecule has 4 bridgehead atoms. The Balaban J connectivity index is 1.82. The number of hydrogen-bond donors (Lipinski definition) is 1. The molecule has 1 N–H and O–H groups in total. The Labute approximate surface area is 111 Å². The van der Waals surface area contributed by atoms with Crippen molar-refractivity contribution in [2.75, 3.05) is 0 Å². The van der Waals surface area contributed by atoms with E-state index in [0.29, 0.717) is 0 Å². The van der Waals surface area contributed by atoms with Crippen LogP contribution in [0.25, 0.3) is 0 Å². The van der Waals surface area contributed by atoms with Crippen LogP contribution < -0.4 is 5.56 Å². The summed E-state index contributed by atoms with van der Waals surface area (Å²) in [7, 11) is 0. The first-order valence-electron chi connectivity index (χ1n) is 7.19. The van der Waals surface area contributed by atoms with Crippen molar-refractivity contribution in [3.05, 3.63) is 27.9 Å². The summed E-state index contributed by atoms with van der Waals surface area (Å²) < 4.78 is 0. The normalized spacial score (nSPS) is 39.2. The summed E-state index contributed by atoms with van der Waals surface area (Å²) in [4.78, 5) is 18.6. The van der Waals surface area contributed by atoms with E-state index in [9.17, 15) is 4.79 Å². The van der Waals surface area contributed by atoms with Gasteiger partial charge >= 0.3 is 0 Å². The Hall–Kier alpha value is -1.63. The summed E-state index contributed by atoms with van der Waals surface area (Å²) in [5, 5.41) is 8.99. The summed E-state index contributed by atoms with van der Waals surface area (Å²) >= 11 is 0. The first-order valence-corrected chi connectivity index (χ1v) is 7.19. The van der Waals surface area contributed by atoms with Gasteiger partial charge in [-0.1, -0.05) is 0 Å². The molecule has 0 radical (unpaired) electrons. The van der Waals surface area contributed by atoms with Gasteiger partial charge in [-0.25, -0.2) is 4.98 Å². The van der Waals surface area contributed by atoms with E-state index in [4.69, 9.17) is 5.26 Å². The molecule has 4 saturated carbocycles. The molecule has 1 aromatic rings. The lowest BCUT2D eigenvalue weighted by atomic mass is 9.49. The molecule has 4 fully saturated rings. The molecule has 0 amide bonds. The van der Waals surface area contributed by atoms with Gasteiger partial charge in [0.05, 0.1) is 5.69 Å². The van der Waals surface area contributed by atoms with Crippen molar-refractivity contribution in [2.24, 2.45) is 17.8 Å². The van der Waals surface area contributed by atoms with Crippen molar-refractivity contribution in [2.45, 2.75) is 43.9 Å². The summed E-state index contributed by atoms with van der Waals surface area (Å²) in [6.45, 7) is 0. The van der Waals surface area contributed by atoms with Crippen LogP contribution >= 0.6 is 0 Å². The number of nitriles is 1. The number of aromatic nitrogens is 2. The van der Waals surface area contributed by atoms with Gasteiger partial charge in [-0.3, -0.25) is 9.78 Å². The molecular weight excluding hydrogens is 238 g/mol. The van der Waals surface area contributed by atoms with Crippen LogP contribution in [0.15, 0.2) is 10.9 Å². The molecule has 4 heteroatoms. The first-order chi connectivity index (χ1) is 9.17. The van der Waals surface area contributed by atoms with Crippen LogP contribution in [0.5, 0.6) is 0 Å². The van der Waals surface area contributed by atoms with E-state index < -0.39 is 0 Å². The number of H-pyrrole nitrogens is 1. The monoisotopic (exact) mass is 255 g/mol. The minimum absolute atomic E-state index is 0.0919. The van der Waals surface area contributed by atoms with Crippen LogP contribution in [-0.2, 0) is 5.41 Å². The molecule has 0 unspecified atom stereocenters. The van der Waals surface area contributed by atoms with Gasteiger partial charge in [0.1, 0.15) is 6.07 Å². The highest BCUT2D eigenvalue weighted by Gasteiger charge is 2.52.